The summed E-state index contributed by atoms with van der Waals surface area (Å²) in [5.41, 5.74) is -0.313. The Morgan fingerprint density at radius 2 is 2.00 bits per heavy atom. The van der Waals surface area contributed by atoms with Gasteiger partial charge in [-0.25, -0.2) is 17.9 Å². The fourth-order valence-corrected chi connectivity index (χ4v) is 4.54. The van der Waals surface area contributed by atoms with Crippen LogP contribution in [0, 0.1) is 13.8 Å². The highest BCUT2D eigenvalue weighted by molar-refractivity contribution is 7.89. The first-order chi connectivity index (χ1) is 9.77. The van der Waals surface area contributed by atoms with Crippen molar-refractivity contribution in [2.24, 2.45) is 0 Å². The number of sulfonamides is 1. The van der Waals surface area contributed by atoms with Crippen LogP contribution in [0.2, 0.25) is 0 Å². The van der Waals surface area contributed by atoms with Crippen LogP contribution in [0.5, 0.6) is 0 Å². The molecular formula is C13H19NO6S. The smallest absolute Gasteiger partial charge is 0.340 e. The molecule has 2 rings (SSSR count). The Kier molecular flexibility index (Phi) is 4.40. The highest BCUT2D eigenvalue weighted by atomic mass is 32.2. The molecule has 1 saturated carbocycles. The second-order valence-corrected chi connectivity index (χ2v) is 6.81. The molecule has 1 aliphatic carbocycles. The number of aryl methyl sites for hydroxylation is 2. The van der Waals surface area contributed by atoms with E-state index in [4.69, 9.17) is 9.15 Å². The number of ether oxygens (including phenoxy) is 1. The second-order valence-electron chi connectivity index (χ2n) is 5.16. The van der Waals surface area contributed by atoms with Crippen LogP contribution in [0.3, 0.4) is 0 Å². The van der Waals surface area contributed by atoms with E-state index < -0.39 is 16.0 Å². The quantitative estimate of drug-likeness (QED) is 0.851. The van der Waals surface area contributed by atoms with Gasteiger partial charge >= 0.3 is 5.97 Å². The molecule has 7 nitrogen and oxygen atoms in total. The van der Waals surface area contributed by atoms with E-state index in [1.54, 1.807) is 0 Å². The first kappa shape index (κ1) is 16.0. The summed E-state index contributed by atoms with van der Waals surface area (Å²) < 4.78 is 38.0. The third-order valence-electron chi connectivity index (χ3n) is 3.75. The summed E-state index contributed by atoms with van der Waals surface area (Å²) in [6.07, 6.45) is 2.11. The molecule has 1 aliphatic rings. The molecular weight excluding hydrogens is 298 g/mol. The Morgan fingerprint density at radius 1 is 1.33 bits per heavy atom. The molecule has 0 amide bonds. The molecule has 8 heteroatoms. The highest BCUT2D eigenvalue weighted by Gasteiger charge is 2.36. The molecule has 1 aromatic rings. The lowest BCUT2D eigenvalue weighted by Crippen LogP contribution is -2.41. The van der Waals surface area contributed by atoms with Crippen LogP contribution in [0.15, 0.2) is 9.31 Å². The molecule has 0 aliphatic heterocycles. The molecule has 2 N–H and O–H groups in total. The van der Waals surface area contributed by atoms with E-state index in [1.807, 2.05) is 0 Å². The van der Waals surface area contributed by atoms with E-state index in [0.717, 1.165) is 12.8 Å². The third kappa shape index (κ3) is 2.97. The van der Waals surface area contributed by atoms with Gasteiger partial charge in [0.2, 0.25) is 10.0 Å². The van der Waals surface area contributed by atoms with E-state index in [0.29, 0.717) is 6.42 Å². The van der Waals surface area contributed by atoms with Gasteiger partial charge in [-0.05, 0) is 33.1 Å². The molecule has 0 saturated heterocycles. The first-order valence-corrected chi connectivity index (χ1v) is 8.14. The Morgan fingerprint density at radius 3 is 2.57 bits per heavy atom. The van der Waals surface area contributed by atoms with Crippen molar-refractivity contribution in [2.45, 2.75) is 50.2 Å². The average Bonchev–Trinajstić information content (AvgIpc) is 2.92. The van der Waals surface area contributed by atoms with Crippen molar-refractivity contribution in [3.63, 3.8) is 0 Å². The molecule has 21 heavy (non-hydrogen) atoms. The normalized spacial score (nSPS) is 22.6. The number of carbonyl (C=O) groups is 1. The van der Waals surface area contributed by atoms with E-state index in [-0.39, 0.29) is 34.1 Å². The minimum absolute atomic E-state index is 0.0735. The van der Waals surface area contributed by atoms with Gasteiger partial charge in [0.05, 0.1) is 6.10 Å². The molecule has 1 heterocycles. The molecule has 0 radical (unpaired) electrons. The predicted octanol–water partition coefficient (Wildman–Crippen LogP) is 1.44. The van der Waals surface area contributed by atoms with Crippen molar-refractivity contribution in [3.05, 3.63) is 17.1 Å². The van der Waals surface area contributed by atoms with Crippen molar-refractivity contribution < 1.29 is 27.5 Å². The van der Waals surface area contributed by atoms with Gasteiger partial charge < -0.3 is 14.3 Å². The minimum Gasteiger partial charge on any atom is -0.478 e. The van der Waals surface area contributed by atoms with Crippen molar-refractivity contribution in [3.8, 4) is 0 Å². The van der Waals surface area contributed by atoms with Crippen LogP contribution in [-0.2, 0) is 14.8 Å². The van der Waals surface area contributed by atoms with Crippen molar-refractivity contribution >= 4 is 16.0 Å². The molecule has 0 bridgehead atoms. The SMILES string of the molecule is COC1CCCC1NS(=O)(=O)c1c(C)oc(C)c1C(=O)O. The van der Waals surface area contributed by atoms with Crippen LogP contribution >= 0.6 is 0 Å². The molecule has 0 spiro atoms. The Bertz CT molecular complexity index is 648. The van der Waals surface area contributed by atoms with Crippen LogP contribution < -0.4 is 4.72 Å². The lowest BCUT2D eigenvalue weighted by molar-refractivity contribution is 0.0691. The van der Waals surface area contributed by atoms with Crippen molar-refractivity contribution in [2.75, 3.05) is 7.11 Å². The second kappa shape index (κ2) is 5.78. The maximum atomic E-state index is 12.5. The molecule has 0 aromatic carbocycles. The largest absolute Gasteiger partial charge is 0.478 e. The first-order valence-electron chi connectivity index (χ1n) is 6.66. The zero-order valence-electron chi connectivity index (χ0n) is 12.2. The number of methoxy groups -OCH3 is 1. The highest BCUT2D eigenvalue weighted by Crippen LogP contribution is 2.29. The van der Waals surface area contributed by atoms with Gasteiger partial charge in [-0.3, -0.25) is 0 Å². The summed E-state index contributed by atoms with van der Waals surface area (Å²) in [5.74, 6) is -1.17. The lowest BCUT2D eigenvalue weighted by Gasteiger charge is -2.19. The summed E-state index contributed by atoms with van der Waals surface area (Å²) in [6, 6.07) is -0.351. The van der Waals surface area contributed by atoms with Gasteiger partial charge in [-0.15, -0.1) is 0 Å². The standard InChI is InChI=1S/C13H19NO6S/c1-7-11(13(15)16)12(8(2)20-7)21(17,18)14-9-5-4-6-10(9)19-3/h9-10,14H,4-6H2,1-3H3,(H,15,16). The van der Waals surface area contributed by atoms with E-state index in [9.17, 15) is 18.3 Å². The fraction of sp³-hybridized carbons (Fsp3) is 0.615. The molecule has 1 aromatic heterocycles. The van der Waals surface area contributed by atoms with Gasteiger partial charge in [0.15, 0.2) is 0 Å². The maximum absolute atomic E-state index is 12.5. The van der Waals surface area contributed by atoms with Crippen LogP contribution in [0.25, 0.3) is 0 Å². The van der Waals surface area contributed by atoms with Crippen LogP contribution in [-0.4, -0.2) is 38.7 Å². The van der Waals surface area contributed by atoms with Crippen LogP contribution in [0.4, 0.5) is 0 Å². The third-order valence-corrected chi connectivity index (χ3v) is 5.39. The van der Waals surface area contributed by atoms with Crippen molar-refractivity contribution in [1.82, 2.24) is 4.72 Å². The van der Waals surface area contributed by atoms with Gasteiger partial charge in [0.25, 0.3) is 0 Å². The summed E-state index contributed by atoms with van der Waals surface area (Å²) >= 11 is 0. The Labute approximate surface area is 123 Å². The number of aromatic carboxylic acids is 1. The minimum atomic E-state index is -3.98. The number of carboxylic acids is 1. The lowest BCUT2D eigenvalue weighted by atomic mass is 10.2. The maximum Gasteiger partial charge on any atom is 0.340 e. The van der Waals surface area contributed by atoms with Gasteiger partial charge in [-0.2, -0.15) is 0 Å². The van der Waals surface area contributed by atoms with E-state index in [2.05, 4.69) is 4.72 Å². The average molecular weight is 317 g/mol. The molecule has 1 fully saturated rings. The van der Waals surface area contributed by atoms with Crippen molar-refractivity contribution in [1.29, 1.82) is 0 Å². The summed E-state index contributed by atoms with van der Waals surface area (Å²) in [4.78, 5) is 11.0. The van der Waals surface area contributed by atoms with E-state index >= 15 is 0 Å². The topological polar surface area (TPSA) is 106 Å². The molecule has 2 atom stereocenters. The monoisotopic (exact) mass is 317 g/mol. The Balaban J connectivity index is 2.38. The van der Waals surface area contributed by atoms with Gasteiger partial charge in [-0.1, -0.05) is 0 Å². The zero-order valence-corrected chi connectivity index (χ0v) is 13.0. The van der Waals surface area contributed by atoms with E-state index in [1.165, 1.54) is 21.0 Å². The molecule has 2 unspecified atom stereocenters. The summed E-state index contributed by atoms with van der Waals surface area (Å²) in [5, 5.41) is 9.21. The summed E-state index contributed by atoms with van der Waals surface area (Å²) in [7, 11) is -2.44. The molecule has 118 valence electrons. The number of nitrogens with one attached hydrogen (secondary N) is 1. The van der Waals surface area contributed by atoms with Gasteiger partial charge in [0.1, 0.15) is 22.0 Å². The number of hydrogen-bond donors (Lipinski definition) is 2. The number of rotatable bonds is 5. The predicted molar refractivity (Wildman–Crippen MR) is 73.9 cm³/mol. The zero-order chi connectivity index (χ0) is 15.8. The number of carboxylic acid groups (broad SMARTS) is 1. The number of hydrogen-bond acceptors (Lipinski definition) is 5. The Hall–Kier alpha value is -1.38. The van der Waals surface area contributed by atoms with Gasteiger partial charge in [0, 0.05) is 13.2 Å². The van der Waals surface area contributed by atoms with Crippen LogP contribution in [0.1, 0.15) is 41.1 Å². The number of furan rings is 1. The fourth-order valence-electron chi connectivity index (χ4n) is 2.84. The summed E-state index contributed by atoms with van der Waals surface area (Å²) in [6.45, 7) is 2.87.